The molecule has 1 atom stereocenters. The molecule has 0 bridgehead atoms. The van der Waals surface area contributed by atoms with Crippen molar-refractivity contribution in [1.29, 1.82) is 0 Å². The molecule has 0 rings (SSSR count). The molecule has 0 aromatic carbocycles. The molecule has 0 aliphatic carbocycles. The summed E-state index contributed by atoms with van der Waals surface area (Å²) in [6, 6.07) is 0. The number of hydrogen-bond donors (Lipinski definition) is 0. The molecule has 6 heavy (non-hydrogen) atoms. The maximum absolute atomic E-state index is 11.2. The van der Waals surface area contributed by atoms with E-state index in [2.05, 4.69) is 11.7 Å². The number of ether oxygens (including phenoxy) is 1. The average Bonchev–Trinajstić information content (AvgIpc) is 1.65. The van der Waals surface area contributed by atoms with Crippen LogP contribution in [-0.2, 0) is 4.74 Å². The van der Waals surface area contributed by atoms with Gasteiger partial charge in [-0.3, -0.25) is 0 Å². The predicted molar refractivity (Wildman–Crippen MR) is 22.1 cm³/mol. The molecule has 0 N–H and O–H groups in total. The van der Waals surface area contributed by atoms with Gasteiger partial charge in [-0.05, 0) is 6.92 Å². The van der Waals surface area contributed by atoms with Gasteiger partial charge in [-0.15, -0.1) is 0 Å². The van der Waals surface area contributed by atoms with E-state index in [1.807, 2.05) is 0 Å². The number of hydrogen-bond acceptors (Lipinski definition) is 1. The zero-order chi connectivity index (χ0) is 4.99. The Kier molecular flexibility index (Phi) is 3.04. The second-order valence-electron chi connectivity index (χ2n) is 1.01. The molecule has 1 radical (unpaired) electrons. The smallest absolute Gasteiger partial charge is 0.116 e. The standard InChI is InChI=1S/C4H8FO/c1-4(3-5)6-2/h4H,1,3H2,2H3/t4-/m0/s1. The first-order valence-corrected chi connectivity index (χ1v) is 1.73. The lowest BCUT2D eigenvalue weighted by molar-refractivity contribution is 0.114. The first-order chi connectivity index (χ1) is 2.81. The molecule has 37 valence electrons. The molecule has 0 amide bonds. The Morgan fingerprint density at radius 3 is 2.50 bits per heavy atom. The van der Waals surface area contributed by atoms with E-state index in [-0.39, 0.29) is 0 Å². The first kappa shape index (κ1) is 5.89. The summed E-state index contributed by atoms with van der Waals surface area (Å²) in [6.45, 7) is 2.77. The van der Waals surface area contributed by atoms with Crippen LogP contribution in [0.25, 0.3) is 0 Å². The first-order valence-electron chi connectivity index (χ1n) is 1.73. The second kappa shape index (κ2) is 3.09. The lowest BCUT2D eigenvalue weighted by Gasteiger charge is -1.98. The highest BCUT2D eigenvalue weighted by Crippen LogP contribution is 1.83. The SMILES string of the molecule is [CH2][C@@H](CF)OC. The van der Waals surface area contributed by atoms with Gasteiger partial charge in [-0.1, -0.05) is 0 Å². The molecule has 0 saturated carbocycles. The van der Waals surface area contributed by atoms with E-state index in [1.165, 1.54) is 7.11 Å². The second-order valence-corrected chi connectivity index (χ2v) is 1.01. The number of alkyl halides is 1. The van der Waals surface area contributed by atoms with Crippen molar-refractivity contribution in [1.82, 2.24) is 0 Å². The molecular formula is C4H8FO. The highest BCUT2D eigenvalue weighted by Gasteiger charge is 1.92. The summed E-state index contributed by atoms with van der Waals surface area (Å²) in [5, 5.41) is 0. The van der Waals surface area contributed by atoms with Crippen LogP contribution in [0.1, 0.15) is 0 Å². The molecule has 0 aromatic rings. The molecule has 1 nitrogen and oxygen atoms in total. The Labute approximate surface area is 37.1 Å². The zero-order valence-corrected chi connectivity index (χ0v) is 3.78. The van der Waals surface area contributed by atoms with Crippen molar-refractivity contribution in [3.8, 4) is 0 Å². The van der Waals surface area contributed by atoms with Crippen LogP contribution in [0.5, 0.6) is 0 Å². The Bertz CT molecular complexity index is 26.7. The Morgan fingerprint density at radius 2 is 2.50 bits per heavy atom. The molecule has 2 heteroatoms. The Balaban J connectivity index is 2.75. The van der Waals surface area contributed by atoms with Crippen molar-refractivity contribution in [3.63, 3.8) is 0 Å². The Morgan fingerprint density at radius 1 is 2.00 bits per heavy atom. The number of methoxy groups -OCH3 is 1. The molecule has 0 fully saturated rings. The molecule has 0 aliphatic heterocycles. The van der Waals surface area contributed by atoms with Crippen molar-refractivity contribution in [2.24, 2.45) is 0 Å². The average molecular weight is 91.1 g/mol. The van der Waals surface area contributed by atoms with Gasteiger partial charge >= 0.3 is 0 Å². The molecule has 0 spiro atoms. The van der Waals surface area contributed by atoms with Crippen LogP contribution in [0.4, 0.5) is 4.39 Å². The van der Waals surface area contributed by atoms with Gasteiger partial charge in [0.25, 0.3) is 0 Å². The summed E-state index contributed by atoms with van der Waals surface area (Å²) < 4.78 is 15.6. The Hall–Kier alpha value is -0.110. The van der Waals surface area contributed by atoms with E-state index < -0.39 is 12.8 Å². The van der Waals surface area contributed by atoms with E-state index in [9.17, 15) is 4.39 Å². The van der Waals surface area contributed by atoms with Gasteiger partial charge in [0.2, 0.25) is 0 Å². The van der Waals surface area contributed by atoms with Gasteiger partial charge in [-0.25, -0.2) is 4.39 Å². The highest BCUT2D eigenvalue weighted by molar-refractivity contribution is 4.53. The van der Waals surface area contributed by atoms with Crippen LogP contribution in [-0.4, -0.2) is 19.9 Å². The molecule has 0 aliphatic rings. The number of halogens is 1. The largest absolute Gasteiger partial charge is 0.379 e. The predicted octanol–water partition coefficient (Wildman–Crippen LogP) is 0.805. The third-order valence-corrected chi connectivity index (χ3v) is 0.505. The van der Waals surface area contributed by atoms with Gasteiger partial charge in [0.05, 0.1) is 6.10 Å². The monoisotopic (exact) mass is 91.1 g/mol. The maximum Gasteiger partial charge on any atom is 0.116 e. The summed E-state index contributed by atoms with van der Waals surface area (Å²) in [6.07, 6.45) is -0.481. The van der Waals surface area contributed by atoms with E-state index in [0.717, 1.165) is 0 Å². The van der Waals surface area contributed by atoms with Crippen LogP contribution in [0.2, 0.25) is 0 Å². The van der Waals surface area contributed by atoms with Crippen LogP contribution in [0.3, 0.4) is 0 Å². The van der Waals surface area contributed by atoms with E-state index in [0.29, 0.717) is 0 Å². The van der Waals surface area contributed by atoms with Gasteiger partial charge < -0.3 is 4.74 Å². The zero-order valence-electron chi connectivity index (χ0n) is 3.78. The van der Waals surface area contributed by atoms with E-state index >= 15 is 0 Å². The third-order valence-electron chi connectivity index (χ3n) is 0.505. The molecular weight excluding hydrogens is 83.0 g/mol. The molecule has 0 aromatic heterocycles. The topological polar surface area (TPSA) is 9.23 Å². The van der Waals surface area contributed by atoms with Crippen molar-refractivity contribution >= 4 is 0 Å². The van der Waals surface area contributed by atoms with Crippen molar-refractivity contribution in [3.05, 3.63) is 6.92 Å². The van der Waals surface area contributed by atoms with Crippen molar-refractivity contribution in [2.45, 2.75) is 6.10 Å². The summed E-state index contributed by atoms with van der Waals surface area (Å²) in [5.74, 6) is 0. The quantitative estimate of drug-likeness (QED) is 0.488. The third kappa shape index (κ3) is 2.15. The van der Waals surface area contributed by atoms with Crippen LogP contribution < -0.4 is 0 Å². The van der Waals surface area contributed by atoms with Crippen molar-refractivity contribution in [2.75, 3.05) is 13.8 Å². The van der Waals surface area contributed by atoms with Crippen LogP contribution in [0, 0.1) is 6.92 Å². The van der Waals surface area contributed by atoms with Crippen LogP contribution >= 0.6 is 0 Å². The summed E-state index contributed by atoms with van der Waals surface area (Å²) in [5.41, 5.74) is 0. The lowest BCUT2D eigenvalue weighted by atomic mass is 10.5. The highest BCUT2D eigenvalue weighted by atomic mass is 19.1. The van der Waals surface area contributed by atoms with Gasteiger partial charge in [0, 0.05) is 7.11 Å². The van der Waals surface area contributed by atoms with Crippen LogP contribution in [0.15, 0.2) is 0 Å². The molecule has 0 unspecified atom stereocenters. The van der Waals surface area contributed by atoms with Crippen molar-refractivity contribution < 1.29 is 9.13 Å². The van der Waals surface area contributed by atoms with Gasteiger partial charge in [0.15, 0.2) is 0 Å². The van der Waals surface area contributed by atoms with E-state index in [1.54, 1.807) is 0 Å². The minimum Gasteiger partial charge on any atom is -0.379 e. The minimum absolute atomic E-state index is 0.481. The fourth-order valence-electron chi connectivity index (χ4n) is 0.0630. The fourth-order valence-corrected chi connectivity index (χ4v) is 0.0630. The van der Waals surface area contributed by atoms with Gasteiger partial charge in [0.1, 0.15) is 6.67 Å². The van der Waals surface area contributed by atoms with Gasteiger partial charge in [-0.2, -0.15) is 0 Å². The minimum atomic E-state index is -0.503. The summed E-state index contributed by atoms with van der Waals surface area (Å²) in [4.78, 5) is 0. The normalized spacial score (nSPS) is 14.5. The summed E-state index contributed by atoms with van der Waals surface area (Å²) >= 11 is 0. The van der Waals surface area contributed by atoms with E-state index in [4.69, 9.17) is 0 Å². The molecule has 0 heterocycles. The molecule has 0 saturated heterocycles. The lowest BCUT2D eigenvalue weighted by Crippen LogP contribution is -2.05. The maximum atomic E-state index is 11.2. The number of rotatable bonds is 2. The summed E-state index contributed by atoms with van der Waals surface area (Å²) in [7, 11) is 1.43. The fraction of sp³-hybridized carbons (Fsp3) is 0.750.